The van der Waals surface area contributed by atoms with Gasteiger partial charge in [0.2, 0.25) is 0 Å². The van der Waals surface area contributed by atoms with Crippen LogP contribution in [0.15, 0.2) is 24.3 Å². The Kier molecular flexibility index (Phi) is 3.73. The second-order valence-corrected chi connectivity index (χ2v) is 3.66. The number of allylic oxidation sites excluding steroid dienone is 3. The lowest BCUT2D eigenvalue weighted by molar-refractivity contribution is 0.761. The fourth-order valence-corrected chi connectivity index (χ4v) is 0.930. The van der Waals surface area contributed by atoms with Crippen LogP contribution in [-0.4, -0.2) is 4.87 Å². The SMILES string of the molecule is C=CC(C)(Cl)C/C(C)=C\C. The van der Waals surface area contributed by atoms with E-state index >= 15 is 0 Å². The van der Waals surface area contributed by atoms with Gasteiger partial charge in [-0.25, -0.2) is 0 Å². The van der Waals surface area contributed by atoms with Crippen molar-refractivity contribution in [1.29, 1.82) is 0 Å². The van der Waals surface area contributed by atoms with Crippen LogP contribution in [0.4, 0.5) is 0 Å². The Labute approximate surface area is 68.6 Å². The van der Waals surface area contributed by atoms with Gasteiger partial charge in [-0.15, -0.1) is 18.2 Å². The summed E-state index contributed by atoms with van der Waals surface area (Å²) in [5.41, 5.74) is 1.30. The predicted octanol–water partition coefficient (Wildman–Crippen LogP) is 3.53. The smallest absolute Gasteiger partial charge is 0.0632 e. The second-order valence-electron chi connectivity index (χ2n) is 2.79. The molecule has 0 radical (unpaired) electrons. The summed E-state index contributed by atoms with van der Waals surface area (Å²) in [5, 5.41) is 0. The van der Waals surface area contributed by atoms with Crippen molar-refractivity contribution in [3.8, 4) is 0 Å². The second kappa shape index (κ2) is 3.82. The summed E-state index contributed by atoms with van der Waals surface area (Å²) in [6.45, 7) is 9.72. The summed E-state index contributed by atoms with van der Waals surface area (Å²) in [6.07, 6.45) is 4.74. The van der Waals surface area contributed by atoms with E-state index in [0.717, 1.165) is 6.42 Å². The maximum atomic E-state index is 6.04. The number of hydrogen-bond acceptors (Lipinski definition) is 0. The van der Waals surface area contributed by atoms with Crippen LogP contribution in [0.25, 0.3) is 0 Å². The molecular formula is C9H15Cl. The maximum Gasteiger partial charge on any atom is 0.0632 e. The molecule has 0 amide bonds. The number of halogens is 1. The van der Waals surface area contributed by atoms with Crippen LogP contribution in [-0.2, 0) is 0 Å². The minimum absolute atomic E-state index is 0.267. The fraction of sp³-hybridized carbons (Fsp3) is 0.556. The maximum absolute atomic E-state index is 6.04. The first-order chi connectivity index (χ1) is 4.52. The van der Waals surface area contributed by atoms with E-state index in [1.165, 1.54) is 5.57 Å². The van der Waals surface area contributed by atoms with Gasteiger partial charge in [0.25, 0.3) is 0 Å². The molecule has 0 heterocycles. The van der Waals surface area contributed by atoms with Gasteiger partial charge in [-0.3, -0.25) is 0 Å². The van der Waals surface area contributed by atoms with Crippen molar-refractivity contribution < 1.29 is 0 Å². The van der Waals surface area contributed by atoms with Crippen LogP contribution >= 0.6 is 11.6 Å². The molecule has 0 aromatic carbocycles. The zero-order valence-corrected chi connectivity index (χ0v) is 7.70. The van der Waals surface area contributed by atoms with Gasteiger partial charge in [0.05, 0.1) is 4.87 Å². The number of rotatable bonds is 3. The highest BCUT2D eigenvalue weighted by Crippen LogP contribution is 2.24. The third kappa shape index (κ3) is 3.73. The van der Waals surface area contributed by atoms with Crippen LogP contribution in [0.2, 0.25) is 0 Å². The van der Waals surface area contributed by atoms with Crippen molar-refractivity contribution in [1.82, 2.24) is 0 Å². The Balaban J connectivity index is 4.01. The Morgan fingerprint density at radius 2 is 2.20 bits per heavy atom. The third-order valence-corrected chi connectivity index (χ3v) is 1.83. The van der Waals surface area contributed by atoms with Gasteiger partial charge in [0, 0.05) is 0 Å². The van der Waals surface area contributed by atoms with Gasteiger partial charge in [0.15, 0.2) is 0 Å². The molecule has 0 bridgehead atoms. The van der Waals surface area contributed by atoms with Crippen LogP contribution in [0.3, 0.4) is 0 Å². The Morgan fingerprint density at radius 3 is 2.50 bits per heavy atom. The number of alkyl halides is 1. The van der Waals surface area contributed by atoms with Crippen molar-refractivity contribution in [2.75, 3.05) is 0 Å². The van der Waals surface area contributed by atoms with Gasteiger partial charge < -0.3 is 0 Å². The van der Waals surface area contributed by atoms with Crippen molar-refractivity contribution in [2.24, 2.45) is 0 Å². The van der Waals surface area contributed by atoms with E-state index in [-0.39, 0.29) is 4.87 Å². The van der Waals surface area contributed by atoms with Gasteiger partial charge in [-0.1, -0.05) is 17.7 Å². The molecule has 0 aliphatic heterocycles. The molecule has 0 aromatic rings. The van der Waals surface area contributed by atoms with Crippen molar-refractivity contribution >= 4 is 11.6 Å². The first-order valence-electron chi connectivity index (χ1n) is 3.46. The summed E-state index contributed by atoms with van der Waals surface area (Å²) in [7, 11) is 0. The molecule has 0 saturated heterocycles. The van der Waals surface area contributed by atoms with Gasteiger partial charge in [0.1, 0.15) is 0 Å². The standard InChI is InChI=1S/C9H15Cl/c1-5-8(3)7-9(4,10)6-2/h5-6H,2,7H2,1,3-4H3/b8-5-. The van der Waals surface area contributed by atoms with E-state index in [4.69, 9.17) is 11.6 Å². The topological polar surface area (TPSA) is 0 Å². The normalized spacial score (nSPS) is 18.2. The average Bonchev–Trinajstić information content (AvgIpc) is 1.87. The van der Waals surface area contributed by atoms with E-state index in [1.54, 1.807) is 6.08 Å². The van der Waals surface area contributed by atoms with E-state index in [9.17, 15) is 0 Å². The lowest BCUT2D eigenvalue weighted by atomic mass is 10.0. The Bertz CT molecular complexity index is 143. The molecule has 0 spiro atoms. The molecule has 0 nitrogen and oxygen atoms in total. The largest absolute Gasteiger partial charge is 0.115 e. The molecule has 10 heavy (non-hydrogen) atoms. The van der Waals surface area contributed by atoms with Crippen LogP contribution in [0.5, 0.6) is 0 Å². The molecular weight excluding hydrogens is 144 g/mol. The number of hydrogen-bond donors (Lipinski definition) is 0. The minimum Gasteiger partial charge on any atom is -0.115 e. The molecule has 0 aliphatic rings. The van der Waals surface area contributed by atoms with Crippen LogP contribution in [0.1, 0.15) is 27.2 Å². The lowest BCUT2D eigenvalue weighted by Gasteiger charge is -2.16. The van der Waals surface area contributed by atoms with Crippen LogP contribution < -0.4 is 0 Å². The van der Waals surface area contributed by atoms with Crippen LogP contribution in [0, 0.1) is 0 Å². The molecule has 1 heteroatoms. The van der Waals surface area contributed by atoms with Crippen molar-refractivity contribution in [3.05, 3.63) is 24.3 Å². The summed E-state index contributed by atoms with van der Waals surface area (Å²) in [5.74, 6) is 0. The summed E-state index contributed by atoms with van der Waals surface area (Å²) >= 11 is 6.04. The first kappa shape index (κ1) is 9.77. The highest BCUT2D eigenvalue weighted by atomic mass is 35.5. The van der Waals surface area contributed by atoms with E-state index < -0.39 is 0 Å². The van der Waals surface area contributed by atoms with Crippen molar-refractivity contribution in [2.45, 2.75) is 32.1 Å². The summed E-state index contributed by atoms with van der Waals surface area (Å²) in [6, 6.07) is 0. The van der Waals surface area contributed by atoms with E-state index in [1.807, 2.05) is 13.8 Å². The Hall–Kier alpha value is -0.230. The highest BCUT2D eigenvalue weighted by Gasteiger charge is 2.15. The summed E-state index contributed by atoms with van der Waals surface area (Å²) in [4.78, 5) is -0.267. The molecule has 0 aromatic heterocycles. The average molecular weight is 159 g/mol. The molecule has 0 aliphatic carbocycles. The monoisotopic (exact) mass is 158 g/mol. The molecule has 58 valence electrons. The molecule has 0 fully saturated rings. The fourth-order valence-electron chi connectivity index (χ4n) is 0.719. The minimum atomic E-state index is -0.267. The van der Waals surface area contributed by atoms with Gasteiger partial charge >= 0.3 is 0 Å². The molecule has 0 rings (SSSR count). The predicted molar refractivity (Wildman–Crippen MR) is 48.5 cm³/mol. The van der Waals surface area contributed by atoms with E-state index in [2.05, 4.69) is 19.6 Å². The Morgan fingerprint density at radius 1 is 1.70 bits per heavy atom. The molecule has 1 atom stereocenters. The summed E-state index contributed by atoms with van der Waals surface area (Å²) < 4.78 is 0. The molecule has 0 saturated carbocycles. The highest BCUT2D eigenvalue weighted by molar-refractivity contribution is 6.25. The van der Waals surface area contributed by atoms with Gasteiger partial charge in [-0.2, -0.15) is 0 Å². The molecule has 1 unspecified atom stereocenters. The zero-order valence-electron chi connectivity index (χ0n) is 6.95. The third-order valence-electron chi connectivity index (χ3n) is 1.54. The van der Waals surface area contributed by atoms with E-state index in [0.29, 0.717) is 0 Å². The zero-order chi connectivity index (χ0) is 8.20. The lowest BCUT2D eigenvalue weighted by Crippen LogP contribution is -2.11. The van der Waals surface area contributed by atoms with Crippen molar-refractivity contribution in [3.63, 3.8) is 0 Å². The van der Waals surface area contributed by atoms with Gasteiger partial charge in [-0.05, 0) is 27.2 Å². The molecule has 0 N–H and O–H groups in total. The quantitative estimate of drug-likeness (QED) is 0.436. The first-order valence-corrected chi connectivity index (χ1v) is 3.84.